The standard InChI is InChI=1S/C17H28N2O/c1-3-12-18-17(14-20,15-7-5-4-6-8-15)11-13-19(2)16-9-10-16/h4-8,16,18,20H,3,9-14H2,1-2H3. The normalized spacial score (nSPS) is 18.2. The molecule has 1 fully saturated rings. The summed E-state index contributed by atoms with van der Waals surface area (Å²) in [5.41, 5.74) is 0.889. The minimum absolute atomic E-state index is 0.148. The zero-order chi connectivity index (χ0) is 14.4. The van der Waals surface area contributed by atoms with E-state index in [0.29, 0.717) is 0 Å². The molecule has 1 aliphatic carbocycles. The molecule has 2 rings (SSSR count). The molecule has 0 amide bonds. The molecule has 0 aliphatic heterocycles. The van der Waals surface area contributed by atoms with E-state index < -0.39 is 0 Å². The zero-order valence-corrected chi connectivity index (χ0v) is 12.8. The minimum atomic E-state index is -0.305. The summed E-state index contributed by atoms with van der Waals surface area (Å²) in [6, 6.07) is 11.2. The van der Waals surface area contributed by atoms with Crippen molar-refractivity contribution in [2.24, 2.45) is 0 Å². The summed E-state index contributed by atoms with van der Waals surface area (Å²) >= 11 is 0. The van der Waals surface area contributed by atoms with Gasteiger partial charge in [0.2, 0.25) is 0 Å². The van der Waals surface area contributed by atoms with Gasteiger partial charge in [-0.1, -0.05) is 37.3 Å². The number of benzene rings is 1. The van der Waals surface area contributed by atoms with Crippen LogP contribution in [0.2, 0.25) is 0 Å². The summed E-state index contributed by atoms with van der Waals surface area (Å²) in [6.07, 6.45) is 4.68. The van der Waals surface area contributed by atoms with Gasteiger partial charge in [0.15, 0.2) is 0 Å². The van der Waals surface area contributed by atoms with E-state index in [1.807, 2.05) is 6.07 Å². The van der Waals surface area contributed by atoms with Gasteiger partial charge in [-0.2, -0.15) is 0 Å². The lowest BCUT2D eigenvalue weighted by atomic mass is 9.87. The summed E-state index contributed by atoms with van der Waals surface area (Å²) < 4.78 is 0. The Morgan fingerprint density at radius 2 is 2.00 bits per heavy atom. The number of rotatable bonds is 9. The van der Waals surface area contributed by atoms with Gasteiger partial charge in [-0.15, -0.1) is 0 Å². The van der Waals surface area contributed by atoms with Crippen molar-refractivity contribution in [3.05, 3.63) is 35.9 Å². The lowest BCUT2D eigenvalue weighted by Crippen LogP contribution is -2.48. The molecule has 3 heteroatoms. The molecule has 0 saturated heterocycles. The second-order valence-corrected chi connectivity index (χ2v) is 5.99. The number of nitrogens with one attached hydrogen (secondary N) is 1. The molecule has 1 unspecified atom stereocenters. The second kappa shape index (κ2) is 7.21. The maximum absolute atomic E-state index is 10.0. The molecule has 1 aromatic carbocycles. The van der Waals surface area contributed by atoms with Gasteiger partial charge >= 0.3 is 0 Å². The van der Waals surface area contributed by atoms with E-state index in [-0.39, 0.29) is 12.1 Å². The van der Waals surface area contributed by atoms with Gasteiger partial charge in [-0.25, -0.2) is 0 Å². The van der Waals surface area contributed by atoms with E-state index in [0.717, 1.165) is 32.0 Å². The Morgan fingerprint density at radius 3 is 2.55 bits per heavy atom. The summed E-state index contributed by atoms with van der Waals surface area (Å²) in [6.45, 7) is 4.27. The first-order valence-corrected chi connectivity index (χ1v) is 7.83. The van der Waals surface area contributed by atoms with E-state index in [9.17, 15) is 5.11 Å². The topological polar surface area (TPSA) is 35.5 Å². The molecule has 1 atom stereocenters. The van der Waals surface area contributed by atoms with Gasteiger partial charge in [0, 0.05) is 12.6 Å². The Balaban J connectivity index is 2.08. The molecule has 2 N–H and O–H groups in total. The Labute approximate surface area is 123 Å². The lowest BCUT2D eigenvalue weighted by Gasteiger charge is -2.35. The summed E-state index contributed by atoms with van der Waals surface area (Å²) in [5, 5.41) is 13.6. The third-order valence-electron chi connectivity index (χ3n) is 4.37. The highest BCUT2D eigenvalue weighted by Gasteiger charge is 2.33. The summed E-state index contributed by atoms with van der Waals surface area (Å²) in [4.78, 5) is 2.43. The van der Waals surface area contributed by atoms with Crippen LogP contribution in [0, 0.1) is 0 Å². The zero-order valence-electron chi connectivity index (χ0n) is 12.8. The Bertz CT molecular complexity index is 391. The highest BCUT2D eigenvalue weighted by Crippen LogP contribution is 2.29. The smallest absolute Gasteiger partial charge is 0.0681 e. The molecule has 20 heavy (non-hydrogen) atoms. The molecular weight excluding hydrogens is 248 g/mol. The second-order valence-electron chi connectivity index (χ2n) is 5.99. The van der Waals surface area contributed by atoms with Gasteiger partial charge < -0.3 is 15.3 Å². The van der Waals surface area contributed by atoms with Gasteiger partial charge in [0.1, 0.15) is 0 Å². The maximum atomic E-state index is 10.0. The van der Waals surface area contributed by atoms with Crippen LogP contribution in [0.3, 0.4) is 0 Å². The number of aliphatic hydroxyl groups is 1. The molecular formula is C17H28N2O. The van der Waals surface area contributed by atoms with E-state index in [4.69, 9.17) is 0 Å². The maximum Gasteiger partial charge on any atom is 0.0681 e. The van der Waals surface area contributed by atoms with Crippen LogP contribution < -0.4 is 5.32 Å². The van der Waals surface area contributed by atoms with Crippen LogP contribution in [0.1, 0.15) is 38.2 Å². The van der Waals surface area contributed by atoms with E-state index in [2.05, 4.69) is 48.5 Å². The Morgan fingerprint density at radius 1 is 1.30 bits per heavy atom. The fourth-order valence-electron chi connectivity index (χ4n) is 2.75. The predicted octanol–water partition coefficient (Wildman–Crippen LogP) is 2.36. The molecule has 0 heterocycles. The van der Waals surface area contributed by atoms with Gasteiger partial charge in [-0.3, -0.25) is 0 Å². The van der Waals surface area contributed by atoms with Crippen LogP contribution in [0.15, 0.2) is 30.3 Å². The lowest BCUT2D eigenvalue weighted by molar-refractivity contribution is 0.135. The third-order valence-corrected chi connectivity index (χ3v) is 4.37. The van der Waals surface area contributed by atoms with Gasteiger partial charge in [0.05, 0.1) is 12.1 Å². The molecule has 1 saturated carbocycles. The van der Waals surface area contributed by atoms with Crippen molar-refractivity contribution >= 4 is 0 Å². The van der Waals surface area contributed by atoms with Crippen LogP contribution in [0.25, 0.3) is 0 Å². The highest BCUT2D eigenvalue weighted by molar-refractivity contribution is 5.25. The molecule has 0 spiro atoms. The monoisotopic (exact) mass is 276 g/mol. The van der Waals surface area contributed by atoms with Crippen LogP contribution in [-0.2, 0) is 5.54 Å². The molecule has 3 nitrogen and oxygen atoms in total. The number of nitrogens with zero attached hydrogens (tertiary/aromatic N) is 1. The largest absolute Gasteiger partial charge is 0.394 e. The van der Waals surface area contributed by atoms with Crippen LogP contribution in [-0.4, -0.2) is 42.8 Å². The average Bonchev–Trinajstić information content (AvgIpc) is 3.33. The van der Waals surface area contributed by atoms with Crippen molar-refractivity contribution in [2.45, 2.75) is 44.2 Å². The number of aliphatic hydroxyl groups excluding tert-OH is 1. The van der Waals surface area contributed by atoms with Crippen molar-refractivity contribution in [3.63, 3.8) is 0 Å². The van der Waals surface area contributed by atoms with Crippen molar-refractivity contribution in [1.29, 1.82) is 0 Å². The summed E-state index contributed by atoms with van der Waals surface area (Å²) in [5.74, 6) is 0. The quantitative estimate of drug-likeness (QED) is 0.727. The van der Waals surface area contributed by atoms with E-state index in [1.165, 1.54) is 18.4 Å². The molecule has 0 bridgehead atoms. The predicted molar refractivity (Wildman–Crippen MR) is 83.8 cm³/mol. The number of hydrogen-bond acceptors (Lipinski definition) is 3. The molecule has 1 aliphatic rings. The average molecular weight is 276 g/mol. The van der Waals surface area contributed by atoms with Crippen molar-refractivity contribution in [3.8, 4) is 0 Å². The Hall–Kier alpha value is -0.900. The third kappa shape index (κ3) is 3.81. The fraction of sp³-hybridized carbons (Fsp3) is 0.647. The first-order valence-electron chi connectivity index (χ1n) is 7.83. The van der Waals surface area contributed by atoms with E-state index in [1.54, 1.807) is 0 Å². The molecule has 112 valence electrons. The number of hydrogen-bond donors (Lipinski definition) is 2. The molecule has 0 aromatic heterocycles. The van der Waals surface area contributed by atoms with E-state index >= 15 is 0 Å². The Kier molecular flexibility index (Phi) is 5.58. The fourth-order valence-corrected chi connectivity index (χ4v) is 2.75. The van der Waals surface area contributed by atoms with Crippen molar-refractivity contribution in [1.82, 2.24) is 10.2 Å². The van der Waals surface area contributed by atoms with Crippen LogP contribution in [0.4, 0.5) is 0 Å². The SMILES string of the molecule is CCCNC(CO)(CCN(C)C1CC1)c1ccccc1. The minimum Gasteiger partial charge on any atom is -0.394 e. The molecule has 1 aromatic rings. The van der Waals surface area contributed by atoms with Crippen molar-refractivity contribution < 1.29 is 5.11 Å². The van der Waals surface area contributed by atoms with Crippen molar-refractivity contribution in [2.75, 3.05) is 26.7 Å². The van der Waals surface area contributed by atoms with Crippen LogP contribution in [0.5, 0.6) is 0 Å². The van der Waals surface area contributed by atoms with Gasteiger partial charge in [-0.05, 0) is 44.8 Å². The van der Waals surface area contributed by atoms with Crippen LogP contribution >= 0.6 is 0 Å². The first-order chi connectivity index (χ1) is 9.72. The summed E-state index contributed by atoms with van der Waals surface area (Å²) in [7, 11) is 2.20. The van der Waals surface area contributed by atoms with Gasteiger partial charge in [0.25, 0.3) is 0 Å². The molecule has 0 radical (unpaired) electrons. The highest BCUT2D eigenvalue weighted by atomic mass is 16.3. The first kappa shape index (κ1) is 15.5.